The number of aromatic nitrogens is 1. The molecule has 0 bridgehead atoms. The van der Waals surface area contributed by atoms with E-state index in [9.17, 15) is 18.0 Å². The Balaban J connectivity index is 1.91. The van der Waals surface area contributed by atoms with E-state index in [4.69, 9.17) is 0 Å². The molecule has 0 unspecified atom stereocenters. The van der Waals surface area contributed by atoms with Crippen LogP contribution in [0.2, 0.25) is 0 Å². The van der Waals surface area contributed by atoms with Crippen LogP contribution >= 0.6 is 0 Å². The third-order valence-electron chi connectivity index (χ3n) is 3.88. The van der Waals surface area contributed by atoms with Gasteiger partial charge in [0.15, 0.2) is 0 Å². The van der Waals surface area contributed by atoms with Crippen molar-refractivity contribution < 1.29 is 18.0 Å². The molecule has 4 nitrogen and oxygen atoms in total. The normalized spacial score (nSPS) is 11.4. The number of carbonyl (C=O) groups excluding carboxylic acids is 1. The fraction of sp³-hybridized carbons (Fsp3) is 0.158. The van der Waals surface area contributed by atoms with Gasteiger partial charge in [0.05, 0.1) is 22.3 Å². The first-order valence-corrected chi connectivity index (χ1v) is 7.86. The molecule has 0 fully saturated rings. The van der Waals surface area contributed by atoms with Crippen LogP contribution in [0.5, 0.6) is 0 Å². The number of fused-ring (bicyclic) bond motifs is 1. The van der Waals surface area contributed by atoms with E-state index in [0.717, 1.165) is 11.6 Å². The average molecular weight is 359 g/mol. The largest absolute Gasteiger partial charge is 0.418 e. The van der Waals surface area contributed by atoms with Gasteiger partial charge in [-0.2, -0.15) is 13.2 Å². The molecule has 7 heteroatoms. The van der Waals surface area contributed by atoms with Gasteiger partial charge in [-0.1, -0.05) is 23.8 Å². The molecule has 2 aromatic carbocycles. The highest BCUT2D eigenvalue weighted by Crippen LogP contribution is 2.34. The summed E-state index contributed by atoms with van der Waals surface area (Å²) in [6, 6.07) is 12.1. The molecule has 1 amide bonds. The molecule has 3 aromatic rings. The second-order valence-electron chi connectivity index (χ2n) is 5.95. The maximum absolute atomic E-state index is 13.0. The van der Waals surface area contributed by atoms with Crippen LogP contribution in [-0.4, -0.2) is 10.9 Å². The Bertz CT molecular complexity index is 983. The van der Waals surface area contributed by atoms with Gasteiger partial charge in [0.2, 0.25) is 0 Å². The first-order chi connectivity index (χ1) is 12.3. The van der Waals surface area contributed by atoms with Gasteiger partial charge in [0.25, 0.3) is 5.91 Å². The molecule has 1 aromatic heterocycles. The minimum atomic E-state index is -4.52. The zero-order valence-electron chi connectivity index (χ0n) is 14.1. The molecule has 0 saturated heterocycles. The van der Waals surface area contributed by atoms with Crippen LogP contribution in [0.25, 0.3) is 10.9 Å². The number of amides is 1. The molecule has 0 aliphatic heterocycles. The van der Waals surface area contributed by atoms with E-state index in [1.165, 1.54) is 18.2 Å². The van der Waals surface area contributed by atoms with Crippen molar-refractivity contribution in [3.05, 3.63) is 70.9 Å². The zero-order valence-corrected chi connectivity index (χ0v) is 14.1. The van der Waals surface area contributed by atoms with Gasteiger partial charge >= 0.3 is 6.18 Å². The summed E-state index contributed by atoms with van der Waals surface area (Å²) in [5.74, 6) is -0.539. The fourth-order valence-corrected chi connectivity index (χ4v) is 2.69. The maximum Gasteiger partial charge on any atom is 0.418 e. The third kappa shape index (κ3) is 3.61. The van der Waals surface area contributed by atoms with Crippen LogP contribution in [0.15, 0.2) is 48.5 Å². The number of halogens is 3. The molecule has 26 heavy (non-hydrogen) atoms. The number of pyridine rings is 1. The summed E-state index contributed by atoms with van der Waals surface area (Å²) in [7, 11) is 0. The lowest BCUT2D eigenvalue weighted by Crippen LogP contribution is -2.30. The van der Waals surface area contributed by atoms with Gasteiger partial charge in [-0.3, -0.25) is 20.6 Å². The van der Waals surface area contributed by atoms with Crippen LogP contribution in [0.4, 0.5) is 18.9 Å². The Morgan fingerprint density at radius 2 is 1.77 bits per heavy atom. The molecule has 0 radical (unpaired) electrons. The summed E-state index contributed by atoms with van der Waals surface area (Å²) < 4.78 is 39.1. The van der Waals surface area contributed by atoms with Crippen molar-refractivity contribution in [3.63, 3.8) is 0 Å². The summed E-state index contributed by atoms with van der Waals surface area (Å²) in [4.78, 5) is 16.9. The van der Waals surface area contributed by atoms with Crippen molar-refractivity contribution in [1.82, 2.24) is 10.4 Å². The van der Waals surface area contributed by atoms with Gasteiger partial charge < -0.3 is 0 Å². The molecule has 0 spiro atoms. The molecule has 0 aliphatic rings. The number of hydrazine groups is 1. The van der Waals surface area contributed by atoms with E-state index in [-0.39, 0.29) is 5.69 Å². The van der Waals surface area contributed by atoms with Gasteiger partial charge in [-0.15, -0.1) is 0 Å². The summed E-state index contributed by atoms with van der Waals surface area (Å²) in [6.45, 7) is 3.64. The fourth-order valence-electron chi connectivity index (χ4n) is 2.69. The zero-order chi connectivity index (χ0) is 18.9. The SMILES string of the molecule is Cc1ccc2nc(C)cc(C(=O)NNc3ccccc3C(F)(F)F)c2c1. The number of nitrogens with one attached hydrogen (secondary N) is 2. The molecule has 3 rings (SSSR count). The Kier molecular flexibility index (Phi) is 4.54. The molecular formula is C19H16F3N3O. The van der Waals surface area contributed by atoms with Crippen molar-refractivity contribution in [2.75, 3.05) is 5.43 Å². The van der Waals surface area contributed by atoms with Crippen molar-refractivity contribution in [2.24, 2.45) is 0 Å². The molecule has 0 atom stereocenters. The number of hydrogen-bond donors (Lipinski definition) is 2. The van der Waals surface area contributed by atoms with Gasteiger partial charge in [-0.25, -0.2) is 0 Å². The first-order valence-electron chi connectivity index (χ1n) is 7.86. The number of carbonyl (C=O) groups is 1. The highest BCUT2D eigenvalue weighted by atomic mass is 19.4. The van der Waals surface area contributed by atoms with Gasteiger partial charge in [-0.05, 0) is 44.2 Å². The highest BCUT2D eigenvalue weighted by molar-refractivity contribution is 6.06. The van der Waals surface area contributed by atoms with Crippen molar-refractivity contribution in [2.45, 2.75) is 20.0 Å². The number of benzene rings is 2. The monoisotopic (exact) mass is 359 g/mol. The molecular weight excluding hydrogens is 343 g/mol. The molecule has 0 saturated carbocycles. The topological polar surface area (TPSA) is 54.0 Å². The van der Waals surface area contributed by atoms with Crippen LogP contribution < -0.4 is 10.9 Å². The minimum absolute atomic E-state index is 0.223. The van der Waals surface area contributed by atoms with Crippen molar-refractivity contribution >= 4 is 22.5 Å². The number of aryl methyl sites for hydroxylation is 2. The first kappa shape index (κ1) is 17.7. The van der Waals surface area contributed by atoms with Crippen LogP contribution in [0.3, 0.4) is 0 Å². The summed E-state index contributed by atoms with van der Waals surface area (Å²) >= 11 is 0. The minimum Gasteiger partial charge on any atom is -0.298 e. The van der Waals surface area contributed by atoms with E-state index in [0.29, 0.717) is 22.2 Å². The van der Waals surface area contributed by atoms with Gasteiger partial charge in [0, 0.05) is 11.1 Å². The smallest absolute Gasteiger partial charge is 0.298 e. The summed E-state index contributed by atoms with van der Waals surface area (Å²) in [5, 5.41) is 0.638. The number of alkyl halides is 3. The van der Waals surface area contributed by atoms with E-state index in [2.05, 4.69) is 15.8 Å². The molecule has 2 N–H and O–H groups in total. The van der Waals surface area contributed by atoms with Crippen LogP contribution in [0.1, 0.15) is 27.2 Å². The predicted octanol–water partition coefficient (Wildman–Crippen LogP) is 4.63. The highest BCUT2D eigenvalue weighted by Gasteiger charge is 2.33. The Labute approximate surface area is 148 Å². The number of para-hydroxylation sites is 1. The Morgan fingerprint density at radius 3 is 2.50 bits per heavy atom. The quantitative estimate of drug-likeness (QED) is 0.671. The molecule has 0 aliphatic carbocycles. The summed E-state index contributed by atoms with van der Waals surface area (Å²) in [6.07, 6.45) is -4.52. The molecule has 134 valence electrons. The van der Waals surface area contributed by atoms with E-state index in [1.54, 1.807) is 19.1 Å². The van der Waals surface area contributed by atoms with E-state index < -0.39 is 17.6 Å². The summed E-state index contributed by atoms with van der Waals surface area (Å²) in [5.41, 5.74) is 6.23. The van der Waals surface area contributed by atoms with Crippen LogP contribution in [-0.2, 0) is 6.18 Å². The van der Waals surface area contributed by atoms with Crippen molar-refractivity contribution in [3.8, 4) is 0 Å². The predicted molar refractivity (Wildman–Crippen MR) is 93.7 cm³/mol. The lowest BCUT2D eigenvalue weighted by molar-refractivity contribution is -0.137. The number of hydrogen-bond acceptors (Lipinski definition) is 3. The van der Waals surface area contributed by atoms with Crippen molar-refractivity contribution in [1.29, 1.82) is 0 Å². The second kappa shape index (κ2) is 6.67. The lowest BCUT2D eigenvalue weighted by atomic mass is 10.0. The lowest BCUT2D eigenvalue weighted by Gasteiger charge is -2.15. The molecule has 1 heterocycles. The number of rotatable bonds is 3. The third-order valence-corrected chi connectivity index (χ3v) is 3.88. The Morgan fingerprint density at radius 1 is 1.04 bits per heavy atom. The average Bonchev–Trinajstić information content (AvgIpc) is 2.59. The Hall–Kier alpha value is -3.09. The van der Waals surface area contributed by atoms with Gasteiger partial charge in [0.1, 0.15) is 0 Å². The van der Waals surface area contributed by atoms with Crippen LogP contribution in [0, 0.1) is 13.8 Å². The number of nitrogens with zero attached hydrogens (tertiary/aromatic N) is 1. The standard InChI is InChI=1S/C19H16F3N3O/c1-11-7-8-16-13(9-11)14(10-12(2)23-16)18(26)25-24-17-6-4-3-5-15(17)19(20,21)22/h3-10,24H,1-2H3,(H,25,26). The van der Waals surface area contributed by atoms with E-state index in [1.807, 2.05) is 19.1 Å². The van der Waals surface area contributed by atoms with E-state index >= 15 is 0 Å². The second-order valence-corrected chi connectivity index (χ2v) is 5.95. The number of anilines is 1. The maximum atomic E-state index is 13.0.